The second-order valence-corrected chi connectivity index (χ2v) is 5.09. The number of rotatable bonds is 8. The molecule has 1 atom stereocenters. The zero-order valence-corrected chi connectivity index (χ0v) is 11.6. The summed E-state index contributed by atoms with van der Waals surface area (Å²) in [5.74, 6) is 0.911. The Balaban J connectivity index is 1.64. The molecule has 2 rings (SSSR count). The van der Waals surface area contributed by atoms with E-state index in [-0.39, 0.29) is 6.61 Å². The highest BCUT2D eigenvalue weighted by molar-refractivity contribution is 5.75. The number of amides is 1. The first-order chi connectivity index (χ1) is 9.74. The minimum Gasteiger partial charge on any atom is -0.484 e. The molecule has 20 heavy (non-hydrogen) atoms. The van der Waals surface area contributed by atoms with Crippen LogP contribution in [0.1, 0.15) is 18.4 Å². The van der Waals surface area contributed by atoms with Gasteiger partial charge in [0.2, 0.25) is 0 Å². The predicted molar refractivity (Wildman–Crippen MR) is 76.4 cm³/mol. The number of primary amides is 1. The molecule has 110 valence electrons. The van der Waals surface area contributed by atoms with Gasteiger partial charge in [-0.2, -0.15) is 0 Å². The van der Waals surface area contributed by atoms with E-state index in [9.17, 15) is 4.79 Å². The molecule has 1 amide bonds. The highest BCUT2D eigenvalue weighted by atomic mass is 16.5. The number of nitrogens with one attached hydrogen (secondary N) is 1. The Kier molecular flexibility index (Phi) is 5.83. The Morgan fingerprint density at radius 1 is 1.40 bits per heavy atom. The van der Waals surface area contributed by atoms with Crippen molar-refractivity contribution in [3.63, 3.8) is 0 Å². The largest absolute Gasteiger partial charge is 0.484 e. The van der Waals surface area contributed by atoms with Crippen LogP contribution in [0.2, 0.25) is 0 Å². The summed E-state index contributed by atoms with van der Waals surface area (Å²) in [6.07, 6.45) is 2.35. The van der Waals surface area contributed by atoms with Gasteiger partial charge in [-0.05, 0) is 43.0 Å². The fourth-order valence-corrected chi connectivity index (χ4v) is 2.21. The van der Waals surface area contributed by atoms with Crippen LogP contribution in [0.25, 0.3) is 0 Å². The molecule has 5 nitrogen and oxygen atoms in total. The van der Waals surface area contributed by atoms with Crippen LogP contribution in [0.5, 0.6) is 5.75 Å². The number of hydrogen-bond donors (Lipinski definition) is 2. The Labute approximate surface area is 119 Å². The molecule has 0 spiro atoms. The van der Waals surface area contributed by atoms with Gasteiger partial charge < -0.3 is 20.5 Å². The molecule has 3 N–H and O–H groups in total. The molecule has 1 aromatic rings. The van der Waals surface area contributed by atoms with Crippen molar-refractivity contribution in [2.45, 2.75) is 19.4 Å². The molecule has 1 aromatic carbocycles. The Bertz CT molecular complexity index is 414. The molecule has 1 unspecified atom stereocenters. The Morgan fingerprint density at radius 2 is 2.20 bits per heavy atom. The monoisotopic (exact) mass is 278 g/mol. The van der Waals surface area contributed by atoms with Gasteiger partial charge in [-0.15, -0.1) is 0 Å². The summed E-state index contributed by atoms with van der Waals surface area (Å²) < 4.78 is 10.6. The zero-order valence-electron chi connectivity index (χ0n) is 11.6. The van der Waals surface area contributed by atoms with Crippen LogP contribution in [-0.2, 0) is 16.1 Å². The molecule has 0 aromatic heterocycles. The van der Waals surface area contributed by atoms with Crippen LogP contribution in [0.15, 0.2) is 24.3 Å². The molecule has 0 radical (unpaired) electrons. The third-order valence-corrected chi connectivity index (χ3v) is 3.39. The smallest absolute Gasteiger partial charge is 0.255 e. The maximum absolute atomic E-state index is 10.6. The normalized spacial score (nSPS) is 18.1. The van der Waals surface area contributed by atoms with Crippen molar-refractivity contribution in [3.8, 4) is 5.75 Å². The fraction of sp³-hybridized carbons (Fsp3) is 0.533. The summed E-state index contributed by atoms with van der Waals surface area (Å²) in [6, 6.07) is 7.68. The molecule has 5 heteroatoms. The first kappa shape index (κ1) is 14.8. The van der Waals surface area contributed by atoms with Gasteiger partial charge in [0.15, 0.2) is 6.61 Å². The maximum Gasteiger partial charge on any atom is 0.255 e. The van der Waals surface area contributed by atoms with E-state index in [1.165, 1.54) is 18.4 Å². The zero-order chi connectivity index (χ0) is 14.2. The lowest BCUT2D eigenvalue weighted by Gasteiger charge is -2.09. The minimum atomic E-state index is -0.466. The number of hydrogen-bond acceptors (Lipinski definition) is 4. The van der Waals surface area contributed by atoms with Crippen molar-refractivity contribution in [1.82, 2.24) is 5.32 Å². The number of ether oxygens (including phenoxy) is 2. The van der Waals surface area contributed by atoms with Crippen molar-refractivity contribution in [2.75, 3.05) is 26.4 Å². The quantitative estimate of drug-likeness (QED) is 0.698. The lowest BCUT2D eigenvalue weighted by molar-refractivity contribution is -0.119. The van der Waals surface area contributed by atoms with Crippen LogP contribution in [0, 0.1) is 5.92 Å². The maximum atomic E-state index is 10.6. The average molecular weight is 278 g/mol. The number of nitrogens with two attached hydrogens (primary N) is 1. The van der Waals surface area contributed by atoms with Gasteiger partial charge in [0.25, 0.3) is 5.91 Å². The van der Waals surface area contributed by atoms with Crippen LogP contribution >= 0.6 is 0 Å². The van der Waals surface area contributed by atoms with Gasteiger partial charge in [0, 0.05) is 19.8 Å². The summed E-state index contributed by atoms with van der Waals surface area (Å²) >= 11 is 0. The average Bonchev–Trinajstić information content (AvgIpc) is 2.96. The van der Waals surface area contributed by atoms with E-state index in [2.05, 4.69) is 5.32 Å². The topological polar surface area (TPSA) is 73.6 Å². The summed E-state index contributed by atoms with van der Waals surface area (Å²) in [4.78, 5) is 10.6. The van der Waals surface area contributed by atoms with Crippen molar-refractivity contribution < 1.29 is 14.3 Å². The first-order valence-corrected chi connectivity index (χ1v) is 7.02. The van der Waals surface area contributed by atoms with Crippen LogP contribution in [0.3, 0.4) is 0 Å². The lowest BCUT2D eigenvalue weighted by Crippen LogP contribution is -2.20. The molecule has 0 bridgehead atoms. The van der Waals surface area contributed by atoms with Crippen molar-refractivity contribution >= 4 is 5.91 Å². The summed E-state index contributed by atoms with van der Waals surface area (Å²) in [6.45, 7) is 3.59. The van der Waals surface area contributed by atoms with Gasteiger partial charge in [-0.1, -0.05) is 12.1 Å². The molecule has 1 saturated heterocycles. The third-order valence-electron chi connectivity index (χ3n) is 3.39. The lowest BCUT2D eigenvalue weighted by atomic mass is 10.1. The molecular formula is C15H22N2O3. The number of carbonyl (C=O) groups excluding carboxylic acids is 1. The van der Waals surface area contributed by atoms with Crippen molar-refractivity contribution in [1.29, 1.82) is 0 Å². The minimum absolute atomic E-state index is 0.0823. The molecule has 1 heterocycles. The van der Waals surface area contributed by atoms with Gasteiger partial charge in [-0.3, -0.25) is 4.79 Å². The van der Waals surface area contributed by atoms with E-state index >= 15 is 0 Å². The van der Waals surface area contributed by atoms with Crippen molar-refractivity contribution in [3.05, 3.63) is 29.8 Å². The molecule has 1 fully saturated rings. The Morgan fingerprint density at radius 3 is 2.85 bits per heavy atom. The van der Waals surface area contributed by atoms with Crippen molar-refractivity contribution in [2.24, 2.45) is 11.7 Å². The first-order valence-electron chi connectivity index (χ1n) is 7.02. The summed E-state index contributed by atoms with van der Waals surface area (Å²) in [5, 5.41) is 3.43. The standard InChI is InChI=1S/C15H22N2O3/c16-15(18)11-20-14-3-1-12(2-4-14)9-17-7-5-13-6-8-19-10-13/h1-4,13,17H,5-11H2,(H2,16,18). The molecule has 0 saturated carbocycles. The highest BCUT2D eigenvalue weighted by Gasteiger charge is 2.14. The van der Waals surface area contributed by atoms with E-state index in [1.54, 1.807) is 0 Å². The number of carbonyl (C=O) groups is 1. The van der Waals surface area contributed by atoms with E-state index in [0.717, 1.165) is 26.3 Å². The van der Waals surface area contributed by atoms with Gasteiger partial charge in [0.05, 0.1) is 0 Å². The Hall–Kier alpha value is -1.59. The molecule has 0 aliphatic carbocycles. The van der Waals surface area contributed by atoms with E-state index < -0.39 is 5.91 Å². The van der Waals surface area contributed by atoms with Gasteiger partial charge in [0.1, 0.15) is 5.75 Å². The highest BCUT2D eigenvalue weighted by Crippen LogP contribution is 2.15. The van der Waals surface area contributed by atoms with E-state index in [0.29, 0.717) is 11.7 Å². The van der Waals surface area contributed by atoms with Crippen LogP contribution < -0.4 is 15.8 Å². The second-order valence-electron chi connectivity index (χ2n) is 5.09. The molecule has 1 aliphatic heterocycles. The van der Waals surface area contributed by atoms with Crippen LogP contribution in [-0.4, -0.2) is 32.3 Å². The fourth-order valence-electron chi connectivity index (χ4n) is 2.21. The second kappa shape index (κ2) is 7.87. The third kappa shape index (κ3) is 5.19. The summed E-state index contributed by atoms with van der Waals surface area (Å²) in [5.41, 5.74) is 6.21. The molecular weight excluding hydrogens is 256 g/mol. The predicted octanol–water partition coefficient (Wildman–Crippen LogP) is 1.07. The summed E-state index contributed by atoms with van der Waals surface area (Å²) in [7, 11) is 0. The van der Waals surface area contributed by atoms with E-state index in [4.69, 9.17) is 15.2 Å². The molecule has 1 aliphatic rings. The van der Waals surface area contributed by atoms with E-state index in [1.807, 2.05) is 24.3 Å². The van der Waals surface area contributed by atoms with Crippen LogP contribution in [0.4, 0.5) is 0 Å². The number of benzene rings is 1. The van der Waals surface area contributed by atoms with Gasteiger partial charge in [-0.25, -0.2) is 0 Å². The van der Waals surface area contributed by atoms with Gasteiger partial charge >= 0.3 is 0 Å². The SMILES string of the molecule is NC(=O)COc1ccc(CNCCC2CCOC2)cc1.